The molecule has 0 amide bonds. The molecule has 4 rings (SSSR count). The Hall–Kier alpha value is -2.18. The van der Waals surface area contributed by atoms with Crippen LogP contribution in [0.25, 0.3) is 10.9 Å². The average molecular weight is 384 g/mol. The molecule has 3 aromatic rings. The lowest BCUT2D eigenvalue weighted by Gasteiger charge is -2.33. The predicted octanol–water partition coefficient (Wildman–Crippen LogP) is 3.42. The molecule has 6 heteroatoms. The summed E-state index contributed by atoms with van der Waals surface area (Å²) in [5.41, 5.74) is 3.50. The smallest absolute Gasteiger partial charge is 0.175 e. The van der Waals surface area contributed by atoms with E-state index in [9.17, 15) is 8.42 Å². The number of hydrogen-bond donors (Lipinski definition) is 1. The maximum Gasteiger partial charge on any atom is 0.175 e. The first-order chi connectivity index (χ1) is 13.0. The third-order valence-electron chi connectivity index (χ3n) is 5.36. The summed E-state index contributed by atoms with van der Waals surface area (Å²) in [5, 5.41) is 8.26. The molecule has 1 N–H and O–H groups in total. The van der Waals surface area contributed by atoms with Gasteiger partial charge in [0.25, 0.3) is 0 Å². The van der Waals surface area contributed by atoms with Crippen molar-refractivity contribution in [1.29, 1.82) is 0 Å². The Morgan fingerprint density at radius 1 is 1.19 bits per heavy atom. The number of aromatic nitrogens is 2. The van der Waals surface area contributed by atoms with E-state index in [2.05, 4.69) is 33.3 Å². The minimum Gasteiger partial charge on any atom is -0.299 e. The van der Waals surface area contributed by atoms with Gasteiger partial charge in [-0.25, -0.2) is 8.42 Å². The number of piperidine rings is 1. The molecule has 1 saturated heterocycles. The number of hydrogen-bond acceptors (Lipinski definition) is 4. The molecule has 0 radical (unpaired) electrons. The molecule has 5 nitrogen and oxygen atoms in total. The van der Waals surface area contributed by atoms with Crippen molar-refractivity contribution >= 4 is 20.7 Å². The maximum atomic E-state index is 11.8. The topological polar surface area (TPSA) is 66.1 Å². The monoisotopic (exact) mass is 383 g/mol. The fraction of sp³-hybridized carbons (Fsp3) is 0.381. The summed E-state index contributed by atoms with van der Waals surface area (Å²) >= 11 is 0. The molecule has 1 aromatic heterocycles. The summed E-state index contributed by atoms with van der Waals surface area (Å²) in [6.45, 7) is 2.92. The third kappa shape index (κ3) is 4.39. The van der Waals surface area contributed by atoms with E-state index in [0.29, 0.717) is 10.8 Å². The lowest BCUT2D eigenvalue weighted by molar-refractivity contribution is 0.167. The van der Waals surface area contributed by atoms with E-state index in [1.807, 2.05) is 24.4 Å². The molecule has 1 aliphatic rings. The Kier molecular flexibility index (Phi) is 5.02. The van der Waals surface area contributed by atoms with Gasteiger partial charge in [0.05, 0.1) is 16.6 Å². The number of benzene rings is 2. The fourth-order valence-electron chi connectivity index (χ4n) is 4.05. The zero-order valence-corrected chi connectivity index (χ0v) is 16.4. The number of likely N-dealkylation sites (tertiary alicyclic amines) is 1. The van der Waals surface area contributed by atoms with Gasteiger partial charge in [-0.1, -0.05) is 18.2 Å². The highest BCUT2D eigenvalue weighted by molar-refractivity contribution is 7.90. The van der Waals surface area contributed by atoms with Crippen molar-refractivity contribution in [3.8, 4) is 0 Å². The van der Waals surface area contributed by atoms with E-state index < -0.39 is 9.84 Å². The lowest BCUT2D eigenvalue weighted by Crippen LogP contribution is -2.35. The van der Waals surface area contributed by atoms with Crippen molar-refractivity contribution < 1.29 is 8.42 Å². The number of H-pyrrole nitrogens is 1. The van der Waals surface area contributed by atoms with Crippen LogP contribution in [-0.4, -0.2) is 42.9 Å². The normalized spacial score (nSPS) is 18.8. The molecule has 2 aromatic carbocycles. The van der Waals surface area contributed by atoms with Gasteiger partial charge in [0.15, 0.2) is 9.84 Å². The second-order valence-electron chi connectivity index (χ2n) is 7.66. The highest BCUT2D eigenvalue weighted by Gasteiger charge is 2.21. The molecular formula is C21H25N3O2S. The minimum absolute atomic E-state index is 0.405. The van der Waals surface area contributed by atoms with Crippen LogP contribution in [0.5, 0.6) is 0 Å². The van der Waals surface area contributed by atoms with Crippen LogP contribution in [-0.2, 0) is 22.8 Å². The second-order valence-corrected chi connectivity index (χ2v) is 9.67. The van der Waals surface area contributed by atoms with Gasteiger partial charge >= 0.3 is 0 Å². The van der Waals surface area contributed by atoms with Gasteiger partial charge in [-0.3, -0.25) is 10.00 Å². The molecule has 1 aliphatic heterocycles. The first kappa shape index (κ1) is 18.2. The first-order valence-electron chi connectivity index (χ1n) is 9.41. The van der Waals surface area contributed by atoms with E-state index in [4.69, 9.17) is 0 Å². The van der Waals surface area contributed by atoms with Crippen molar-refractivity contribution in [2.24, 2.45) is 5.92 Å². The van der Waals surface area contributed by atoms with Crippen LogP contribution >= 0.6 is 0 Å². The minimum atomic E-state index is -3.16. The van der Waals surface area contributed by atoms with Crippen LogP contribution in [0.15, 0.2) is 53.6 Å². The third-order valence-corrected chi connectivity index (χ3v) is 6.48. The van der Waals surface area contributed by atoms with Crippen molar-refractivity contribution in [3.05, 3.63) is 59.8 Å². The zero-order valence-electron chi connectivity index (χ0n) is 15.6. The predicted molar refractivity (Wildman–Crippen MR) is 107 cm³/mol. The molecule has 0 unspecified atom stereocenters. The number of rotatable bonds is 5. The molecule has 1 fully saturated rings. The van der Waals surface area contributed by atoms with Gasteiger partial charge in [-0.15, -0.1) is 0 Å². The van der Waals surface area contributed by atoms with Gasteiger partial charge in [0.2, 0.25) is 0 Å². The number of nitrogens with one attached hydrogen (secondary N) is 1. The molecule has 142 valence electrons. The lowest BCUT2D eigenvalue weighted by atomic mass is 9.90. The zero-order chi connectivity index (χ0) is 18.9. The SMILES string of the molecule is CS(=O)(=O)c1cccc(CN2CCC[C@H](Cc3ccc4[nH]ncc4c3)C2)c1. The largest absolute Gasteiger partial charge is 0.299 e. The van der Waals surface area contributed by atoms with Gasteiger partial charge < -0.3 is 0 Å². The summed E-state index contributed by atoms with van der Waals surface area (Å²) in [4.78, 5) is 2.85. The van der Waals surface area contributed by atoms with Gasteiger partial charge in [0, 0.05) is 24.7 Å². The summed E-state index contributed by atoms with van der Waals surface area (Å²) in [6, 6.07) is 13.9. The number of fused-ring (bicyclic) bond motifs is 1. The van der Waals surface area contributed by atoms with E-state index in [1.165, 1.54) is 24.7 Å². The van der Waals surface area contributed by atoms with E-state index in [0.717, 1.165) is 42.5 Å². The van der Waals surface area contributed by atoms with Crippen LogP contribution in [0, 0.1) is 5.92 Å². The van der Waals surface area contributed by atoms with Crippen LogP contribution in [0.1, 0.15) is 24.0 Å². The van der Waals surface area contributed by atoms with Crippen molar-refractivity contribution in [3.63, 3.8) is 0 Å². The van der Waals surface area contributed by atoms with Gasteiger partial charge in [-0.2, -0.15) is 5.10 Å². The highest BCUT2D eigenvalue weighted by atomic mass is 32.2. The van der Waals surface area contributed by atoms with Gasteiger partial charge in [0.1, 0.15) is 0 Å². The quantitative estimate of drug-likeness (QED) is 0.733. The Labute approximate surface area is 160 Å². The molecule has 0 bridgehead atoms. The Morgan fingerprint density at radius 3 is 2.93 bits per heavy atom. The van der Waals surface area contributed by atoms with Crippen molar-refractivity contribution in [2.75, 3.05) is 19.3 Å². The van der Waals surface area contributed by atoms with E-state index in [-0.39, 0.29) is 0 Å². The van der Waals surface area contributed by atoms with Crippen LogP contribution in [0.2, 0.25) is 0 Å². The highest BCUT2D eigenvalue weighted by Crippen LogP contribution is 2.24. The second kappa shape index (κ2) is 7.44. The number of sulfone groups is 1. The van der Waals surface area contributed by atoms with Crippen molar-refractivity contribution in [2.45, 2.75) is 30.7 Å². The Morgan fingerprint density at radius 2 is 2.07 bits per heavy atom. The summed E-state index contributed by atoms with van der Waals surface area (Å²) in [7, 11) is -3.16. The summed E-state index contributed by atoms with van der Waals surface area (Å²) in [5.74, 6) is 0.626. The number of aromatic amines is 1. The van der Waals surface area contributed by atoms with E-state index >= 15 is 0 Å². The summed E-state index contributed by atoms with van der Waals surface area (Å²) < 4.78 is 23.6. The maximum absolute atomic E-state index is 11.8. The Bertz CT molecular complexity index is 1040. The molecular weight excluding hydrogens is 358 g/mol. The molecule has 1 atom stereocenters. The number of nitrogens with zero attached hydrogens (tertiary/aromatic N) is 2. The van der Waals surface area contributed by atoms with E-state index in [1.54, 1.807) is 6.07 Å². The Balaban J connectivity index is 1.42. The fourth-order valence-corrected chi connectivity index (χ4v) is 4.74. The van der Waals surface area contributed by atoms with Crippen LogP contribution in [0.3, 0.4) is 0 Å². The molecule has 2 heterocycles. The van der Waals surface area contributed by atoms with Crippen molar-refractivity contribution in [1.82, 2.24) is 15.1 Å². The van der Waals surface area contributed by atoms with Crippen LogP contribution in [0.4, 0.5) is 0 Å². The van der Waals surface area contributed by atoms with Crippen LogP contribution < -0.4 is 0 Å². The standard InChI is InChI=1S/C21H25N3O2S/c1-27(25,26)20-6-2-4-18(12-20)15-24-9-3-5-17(14-24)10-16-7-8-21-19(11-16)13-22-23-21/h2,4,6-8,11-13,17H,3,5,9-10,14-15H2,1H3,(H,22,23)/t17-/m1/s1. The molecule has 27 heavy (non-hydrogen) atoms. The molecule has 0 aliphatic carbocycles. The first-order valence-corrected chi connectivity index (χ1v) is 11.3. The molecule has 0 spiro atoms. The average Bonchev–Trinajstić information content (AvgIpc) is 3.09. The van der Waals surface area contributed by atoms with Gasteiger partial charge in [-0.05, 0) is 67.1 Å². The molecule has 0 saturated carbocycles. The summed E-state index contributed by atoms with van der Waals surface area (Å²) in [6.07, 6.45) is 6.63.